The van der Waals surface area contributed by atoms with Crippen LogP contribution >= 0.6 is 62.3 Å². The number of aromatic nitrogens is 11. The van der Waals surface area contributed by atoms with Crippen molar-refractivity contribution in [3.05, 3.63) is 334 Å². The number of carbonyl (C=O) groups excluding carboxylic acids is 4. The van der Waals surface area contributed by atoms with Crippen LogP contribution in [0.25, 0.3) is 50.8 Å². The van der Waals surface area contributed by atoms with Crippen LogP contribution in [0.5, 0.6) is 0 Å². The SMILES string of the molecule is Nc1cccc(-c2cnc(NC(=O)c3cccc(Cl)c3)[nH]2)c1.Nc1ncc(-c2cccc([N+](=O)[O-])c2)[nH]1.Nc1ncccn1.O=C(CBr)c1cccc([N+](=O)[O-])c1.O=C(Cl)c1cccc(Cl)c1.O=C(Nc1ncc(-c2cccc([N+](=O)[O-])c2)[nH]1)c1cccc(Cl)c1.O=[N+]([O-])c1cccc(-c2c[n+]3cccnc3[nH]2)c1.[Br-]. The predicted octanol–water partition coefficient (Wildman–Crippen LogP) is 12.7. The Kier molecular flexibility index (Phi) is 31.5. The molecule has 14 aromatic rings. The van der Waals surface area contributed by atoms with E-state index in [1.165, 1.54) is 73.1 Å². The molecule has 32 nitrogen and oxygen atoms in total. The monoisotopic (exact) mass is 1690 g/mol. The number of hydrogen-bond acceptors (Lipinski definition) is 21. The number of nitro benzene ring substituents is 4. The summed E-state index contributed by atoms with van der Waals surface area (Å²) in [4.78, 5) is 122. The Hall–Kier alpha value is -13.5. The number of non-ortho nitro benzene ring substituents is 4. The third kappa shape index (κ3) is 25.9. The number of nitrogen functional groups attached to an aromatic ring is 3. The number of aromatic amines is 4. The number of H-pyrrole nitrogens is 4. The van der Waals surface area contributed by atoms with Crippen molar-refractivity contribution in [1.82, 2.24) is 49.8 Å². The normalized spacial score (nSPS) is 10.0. The molecule has 12 N–H and O–H groups in total. The summed E-state index contributed by atoms with van der Waals surface area (Å²) in [5.41, 5.74) is 24.4. The number of fused-ring (bicyclic) bond motifs is 1. The molecule has 38 heteroatoms. The number of ketones is 1. The number of benzene rings is 8. The van der Waals surface area contributed by atoms with Crippen LogP contribution in [-0.4, -0.2) is 97.7 Å². The van der Waals surface area contributed by atoms with Crippen LogP contribution in [-0.2, 0) is 0 Å². The van der Waals surface area contributed by atoms with E-state index in [1.807, 2.05) is 53.2 Å². The molecular weight excluding hydrogens is 1640 g/mol. The van der Waals surface area contributed by atoms with Crippen molar-refractivity contribution in [2.45, 2.75) is 0 Å². The van der Waals surface area contributed by atoms with Gasteiger partial charge in [-0.15, -0.1) is 0 Å². The van der Waals surface area contributed by atoms with E-state index in [-0.39, 0.29) is 74.6 Å². The number of nitrogens with two attached hydrogens (primary N) is 3. The highest BCUT2D eigenvalue weighted by atomic mass is 79.9. The van der Waals surface area contributed by atoms with E-state index in [1.54, 1.807) is 134 Å². The van der Waals surface area contributed by atoms with Crippen LogP contribution in [0.2, 0.25) is 15.1 Å². The van der Waals surface area contributed by atoms with Crippen molar-refractivity contribution in [2.24, 2.45) is 0 Å². The maximum absolute atomic E-state index is 12.1. The van der Waals surface area contributed by atoms with Crippen LogP contribution in [0.15, 0.2) is 256 Å². The minimum Gasteiger partial charge on any atom is -1.00 e. The minimum atomic E-state index is -0.523. The topological polar surface area (TPSA) is 488 Å². The van der Waals surface area contributed by atoms with E-state index in [9.17, 15) is 59.6 Å². The largest absolute Gasteiger partial charge is 1.00 e. The molecule has 0 atom stereocenters. The molecule has 0 saturated carbocycles. The second-order valence-electron chi connectivity index (χ2n) is 21.7. The number of nitrogens with one attached hydrogen (secondary N) is 6. The van der Waals surface area contributed by atoms with E-state index in [0.29, 0.717) is 83.2 Å². The lowest BCUT2D eigenvalue weighted by atomic mass is 10.1. The molecule has 0 aliphatic carbocycles. The fourth-order valence-corrected chi connectivity index (χ4v) is 10.1. The maximum atomic E-state index is 12.1. The van der Waals surface area contributed by atoms with Crippen LogP contribution in [0, 0.1) is 40.5 Å². The third-order valence-electron chi connectivity index (χ3n) is 14.1. The molecule has 0 aliphatic rings. The van der Waals surface area contributed by atoms with E-state index in [0.717, 1.165) is 22.5 Å². The van der Waals surface area contributed by atoms with E-state index < -0.39 is 24.9 Å². The average molecular weight is 1690 g/mol. The first-order valence-electron chi connectivity index (χ1n) is 31.1. The molecule has 0 fully saturated rings. The number of rotatable bonds is 15. The van der Waals surface area contributed by atoms with Crippen LogP contribution < -0.4 is 49.2 Å². The molecule has 6 aromatic heterocycles. The first-order valence-corrected chi connectivity index (χ1v) is 33.7. The van der Waals surface area contributed by atoms with Crippen LogP contribution in [0.1, 0.15) is 41.4 Å². The molecule has 0 spiro atoms. The molecule has 6 heterocycles. The molecule has 0 saturated heterocycles. The summed E-state index contributed by atoms with van der Waals surface area (Å²) in [6.07, 6.45) is 13.3. The standard InChI is InChI=1S/C16H11ClN4O3.C16H13ClN4O.C12H8N4O2.C9H8N4O2.C8H6BrNO3.C7H4Cl2O.C4H5N3.BrH/c17-12-5-1-4-11(7-12)15(22)20-16-18-9-14(19-16)10-3-2-6-13(8-10)21(23)24;17-12-5-1-4-11(7-12)15(22)21-16-19-9-14(20-16)10-3-2-6-13(18)8-10;17-16(18)10-4-1-3-9(7-10)11-8-15-6-2-5-13-12(15)14-11;10-9-11-5-8(12-9)6-2-1-3-7(4-6)13(14)15;9-5-8(11)6-2-1-3-7(4-6)10(12)13;8-6-3-1-2-5(4-6)7(9)10;5-4-6-2-1-3-7-4;/h1-9H,(H2,18,19,20,22);1-9H,18H2,(H2,19,20,21,22);1-8H;1-5H,(H3,10,11,12);1-4H,5H2;1-4H;1-3H,(H2,5,6,7);1H. The van der Waals surface area contributed by atoms with Gasteiger partial charge >= 0.3 is 5.78 Å². The molecule has 0 unspecified atom stereocenters. The summed E-state index contributed by atoms with van der Waals surface area (Å²) in [6, 6.07) is 55.2. The molecular formula is C72H56Br2Cl4N20O12. The number of nitrogens with zero attached hydrogens (tertiary/aromatic N) is 11. The highest BCUT2D eigenvalue weighted by Crippen LogP contribution is 2.27. The van der Waals surface area contributed by atoms with Gasteiger partial charge in [-0.1, -0.05) is 135 Å². The van der Waals surface area contributed by atoms with Gasteiger partial charge in [-0.2, -0.15) is 0 Å². The molecule has 558 valence electrons. The number of imidazole rings is 4. The number of halogens is 6. The fourth-order valence-electron chi connectivity index (χ4n) is 9.05. The van der Waals surface area contributed by atoms with Crippen molar-refractivity contribution >= 4 is 143 Å². The van der Waals surface area contributed by atoms with Gasteiger partial charge < -0.3 is 49.1 Å². The number of nitro groups is 4. The Morgan fingerprint density at radius 3 is 1.23 bits per heavy atom. The highest BCUT2D eigenvalue weighted by molar-refractivity contribution is 9.09. The summed E-state index contributed by atoms with van der Waals surface area (Å²) >= 11 is 25.5. The van der Waals surface area contributed by atoms with Crippen LogP contribution in [0.3, 0.4) is 0 Å². The molecule has 8 aromatic carbocycles. The lowest BCUT2D eigenvalue weighted by Gasteiger charge is -2.02. The van der Waals surface area contributed by atoms with Crippen molar-refractivity contribution in [1.29, 1.82) is 0 Å². The number of amides is 2. The van der Waals surface area contributed by atoms with Gasteiger partial charge in [0, 0.05) is 132 Å². The minimum absolute atomic E-state index is 0. The quantitative estimate of drug-likeness (QED) is 0.00875. The lowest BCUT2D eigenvalue weighted by molar-refractivity contribution is -0.512. The number of anilines is 5. The van der Waals surface area contributed by atoms with E-state index >= 15 is 0 Å². The Morgan fingerprint density at radius 1 is 0.436 bits per heavy atom. The summed E-state index contributed by atoms with van der Waals surface area (Å²) in [5.74, 6) is 1.10. The molecule has 0 radical (unpaired) electrons. The third-order valence-corrected chi connectivity index (χ3v) is 15.5. The van der Waals surface area contributed by atoms with E-state index in [2.05, 4.69) is 76.4 Å². The Balaban J connectivity index is 0.000000183. The van der Waals surface area contributed by atoms with Gasteiger partial charge in [-0.05, 0) is 84.4 Å². The fraction of sp³-hybridized carbons (Fsp3) is 0.0139. The summed E-state index contributed by atoms with van der Waals surface area (Å²) in [5, 5.41) is 48.9. The highest BCUT2D eigenvalue weighted by Gasteiger charge is 2.17. The zero-order chi connectivity index (χ0) is 78.5. The molecule has 2 amide bonds. The van der Waals surface area contributed by atoms with E-state index in [4.69, 9.17) is 63.6 Å². The van der Waals surface area contributed by atoms with Gasteiger partial charge in [0.2, 0.25) is 17.8 Å². The number of Topliss-reactive ketones (excluding diaryl/α,β-unsaturated/α-hetero) is 1. The Morgan fingerprint density at radius 2 is 0.827 bits per heavy atom. The zero-order valence-corrected chi connectivity index (χ0v) is 62.5. The van der Waals surface area contributed by atoms with Crippen molar-refractivity contribution in [3.63, 3.8) is 0 Å². The van der Waals surface area contributed by atoms with Gasteiger partial charge in [0.1, 0.15) is 18.1 Å². The number of alkyl halides is 1. The van der Waals surface area contributed by atoms with Gasteiger partial charge in [0.15, 0.2) is 11.7 Å². The molecule has 110 heavy (non-hydrogen) atoms. The second-order valence-corrected chi connectivity index (χ2v) is 23.9. The first-order chi connectivity index (χ1) is 52.3. The predicted molar refractivity (Wildman–Crippen MR) is 416 cm³/mol. The van der Waals surface area contributed by atoms with Crippen LogP contribution in [0.4, 0.5) is 52.2 Å². The maximum Gasteiger partial charge on any atom is 0.401 e. The number of hydrogen-bond donors (Lipinski definition) is 9. The van der Waals surface area contributed by atoms with Gasteiger partial charge in [-0.3, -0.25) is 70.3 Å². The smallest absolute Gasteiger partial charge is 0.401 e. The van der Waals surface area contributed by atoms with Gasteiger partial charge in [0.05, 0.1) is 66.9 Å². The second kappa shape index (κ2) is 41.4. The summed E-state index contributed by atoms with van der Waals surface area (Å²) < 4.78 is 1.83. The Labute approximate surface area is 660 Å². The zero-order valence-electron chi connectivity index (χ0n) is 56.3. The van der Waals surface area contributed by atoms with Gasteiger partial charge in [-0.25, -0.2) is 34.3 Å². The summed E-state index contributed by atoms with van der Waals surface area (Å²) in [7, 11) is 0. The molecule has 0 bridgehead atoms. The van der Waals surface area contributed by atoms with Crippen molar-refractivity contribution in [2.75, 3.05) is 33.2 Å². The number of carbonyl (C=O) groups is 4. The van der Waals surface area contributed by atoms with Crippen molar-refractivity contribution in [3.8, 4) is 45.0 Å². The van der Waals surface area contributed by atoms with Gasteiger partial charge in [0.25, 0.3) is 39.8 Å². The molecule has 14 rings (SSSR count). The average Bonchev–Trinajstić information content (AvgIpc) is 1.68. The lowest BCUT2D eigenvalue weighted by Crippen LogP contribution is -3.00. The van der Waals surface area contributed by atoms with Crippen molar-refractivity contribution < 1.29 is 60.3 Å². The molecule has 0 aliphatic heterocycles. The first kappa shape index (κ1) is 83.8. The summed E-state index contributed by atoms with van der Waals surface area (Å²) in [6.45, 7) is 0. The Bertz CT molecular complexity index is 5530.